The Kier molecular flexibility index (Phi) is 7.01. The highest BCUT2D eigenvalue weighted by Crippen LogP contribution is 2.25. The molecule has 36 heavy (non-hydrogen) atoms. The van der Waals surface area contributed by atoms with Gasteiger partial charge in [0, 0.05) is 49.6 Å². The van der Waals surface area contributed by atoms with Crippen LogP contribution in [0.15, 0.2) is 73.1 Å². The third kappa shape index (κ3) is 5.73. The number of sulfonamides is 1. The van der Waals surface area contributed by atoms with Gasteiger partial charge in [0.1, 0.15) is 0 Å². The lowest BCUT2D eigenvalue weighted by molar-refractivity contribution is 0.182. The lowest BCUT2D eigenvalue weighted by Crippen LogP contribution is -2.47. The van der Waals surface area contributed by atoms with Crippen molar-refractivity contribution >= 4 is 33.3 Å². The quantitative estimate of drug-likeness (QED) is 0.393. The summed E-state index contributed by atoms with van der Waals surface area (Å²) in [5.41, 5.74) is 4.34. The number of piperazine rings is 1. The monoisotopic (exact) mass is 523 g/mol. The zero-order valence-electron chi connectivity index (χ0n) is 19.7. The highest BCUT2D eigenvalue weighted by Gasteiger charge is 2.23. The van der Waals surface area contributed by atoms with Crippen molar-refractivity contribution in [1.82, 2.24) is 29.0 Å². The SMILES string of the molecule is CS(=O)(=O)N1CCN(Cc2cc(Cl)cc(Nc3nccc(-c4ccnn4-c4ccccc4)n3)c2)CC1. The molecule has 2 aromatic carbocycles. The molecule has 5 rings (SSSR count). The van der Waals surface area contributed by atoms with E-state index in [1.54, 1.807) is 12.4 Å². The number of benzene rings is 2. The molecule has 0 aliphatic carbocycles. The van der Waals surface area contributed by atoms with Crippen molar-refractivity contribution in [2.24, 2.45) is 0 Å². The zero-order chi connectivity index (χ0) is 25.1. The van der Waals surface area contributed by atoms with Gasteiger partial charge in [-0.15, -0.1) is 0 Å². The Bertz CT molecular complexity index is 1450. The normalized spacial score (nSPS) is 15.2. The third-order valence-electron chi connectivity index (χ3n) is 5.98. The molecule has 1 aliphatic rings. The first-order chi connectivity index (χ1) is 17.3. The van der Waals surface area contributed by atoms with Crippen LogP contribution in [0.5, 0.6) is 0 Å². The van der Waals surface area contributed by atoms with E-state index < -0.39 is 10.0 Å². The van der Waals surface area contributed by atoms with E-state index in [0.717, 1.165) is 28.3 Å². The fourth-order valence-electron chi connectivity index (χ4n) is 4.25. The third-order valence-corrected chi connectivity index (χ3v) is 7.50. The number of aromatic nitrogens is 4. The summed E-state index contributed by atoms with van der Waals surface area (Å²) < 4.78 is 26.9. The maximum Gasteiger partial charge on any atom is 0.227 e. The second-order valence-corrected chi connectivity index (χ2v) is 11.1. The standard InChI is InChI=1S/C25H26ClN7O2S/c1-36(34,35)32-13-11-31(12-14-32)18-19-15-20(26)17-21(16-19)29-25-27-9-7-23(30-25)24-8-10-28-33(24)22-5-3-2-4-6-22/h2-10,15-17H,11-14,18H2,1H3,(H,27,29,30). The van der Waals surface area contributed by atoms with E-state index >= 15 is 0 Å². The van der Waals surface area contributed by atoms with E-state index in [0.29, 0.717) is 43.7 Å². The topological polar surface area (TPSA) is 96.3 Å². The van der Waals surface area contributed by atoms with Crippen LogP contribution in [0.1, 0.15) is 5.56 Å². The summed E-state index contributed by atoms with van der Waals surface area (Å²) in [5, 5.41) is 8.32. The summed E-state index contributed by atoms with van der Waals surface area (Å²) in [5.74, 6) is 0.447. The van der Waals surface area contributed by atoms with Crippen LogP contribution in [0.4, 0.5) is 11.6 Å². The van der Waals surface area contributed by atoms with Gasteiger partial charge in [0.15, 0.2) is 0 Å². The first-order valence-corrected chi connectivity index (χ1v) is 13.7. The van der Waals surface area contributed by atoms with E-state index in [9.17, 15) is 8.42 Å². The number of hydrogen-bond acceptors (Lipinski definition) is 7. The van der Waals surface area contributed by atoms with Gasteiger partial charge in [-0.2, -0.15) is 9.40 Å². The predicted octanol–water partition coefficient (Wildman–Crippen LogP) is 3.80. The number of para-hydroxylation sites is 1. The average molecular weight is 524 g/mol. The first-order valence-electron chi connectivity index (χ1n) is 11.5. The molecule has 0 radical (unpaired) electrons. The molecule has 4 aromatic rings. The zero-order valence-corrected chi connectivity index (χ0v) is 21.3. The van der Waals surface area contributed by atoms with Gasteiger partial charge < -0.3 is 5.32 Å². The molecule has 1 fully saturated rings. The molecule has 2 aromatic heterocycles. The lowest BCUT2D eigenvalue weighted by Gasteiger charge is -2.33. The molecule has 0 spiro atoms. The van der Waals surface area contributed by atoms with Crippen molar-refractivity contribution < 1.29 is 8.42 Å². The first kappa shape index (κ1) is 24.4. The Morgan fingerprint density at radius 3 is 2.50 bits per heavy atom. The summed E-state index contributed by atoms with van der Waals surface area (Å²) in [6.45, 7) is 2.99. The van der Waals surface area contributed by atoms with E-state index in [4.69, 9.17) is 16.6 Å². The van der Waals surface area contributed by atoms with E-state index in [-0.39, 0.29) is 0 Å². The number of anilines is 2. The molecular weight excluding hydrogens is 498 g/mol. The molecule has 0 amide bonds. The van der Waals surface area contributed by atoms with Gasteiger partial charge in [0.25, 0.3) is 0 Å². The number of rotatable bonds is 7. The van der Waals surface area contributed by atoms with Crippen LogP contribution < -0.4 is 5.32 Å². The summed E-state index contributed by atoms with van der Waals surface area (Å²) in [7, 11) is -3.15. The van der Waals surface area contributed by atoms with Gasteiger partial charge in [-0.3, -0.25) is 4.90 Å². The maximum absolute atomic E-state index is 11.8. The lowest BCUT2D eigenvalue weighted by atomic mass is 10.1. The number of nitrogens with one attached hydrogen (secondary N) is 1. The number of halogens is 1. The van der Waals surface area contributed by atoms with Crippen LogP contribution in [0, 0.1) is 0 Å². The second kappa shape index (κ2) is 10.4. The largest absolute Gasteiger partial charge is 0.324 e. The molecule has 0 atom stereocenters. The van der Waals surface area contributed by atoms with Crippen molar-refractivity contribution in [2.45, 2.75) is 6.54 Å². The number of hydrogen-bond donors (Lipinski definition) is 1. The fraction of sp³-hybridized carbons (Fsp3) is 0.240. The molecule has 186 valence electrons. The Morgan fingerprint density at radius 2 is 1.75 bits per heavy atom. The van der Waals surface area contributed by atoms with E-state index in [1.165, 1.54) is 10.6 Å². The number of nitrogens with zero attached hydrogens (tertiary/aromatic N) is 6. The average Bonchev–Trinajstić information content (AvgIpc) is 3.34. The summed E-state index contributed by atoms with van der Waals surface area (Å²) in [6.07, 6.45) is 4.71. The Balaban J connectivity index is 1.31. The molecular formula is C25H26ClN7O2S. The molecule has 1 N–H and O–H groups in total. The molecule has 9 nitrogen and oxygen atoms in total. The van der Waals surface area contributed by atoms with Crippen molar-refractivity contribution in [1.29, 1.82) is 0 Å². The van der Waals surface area contributed by atoms with E-state index in [2.05, 4.69) is 20.3 Å². The molecule has 3 heterocycles. The Morgan fingerprint density at radius 1 is 0.972 bits per heavy atom. The molecule has 0 bridgehead atoms. The van der Waals surface area contributed by atoms with Gasteiger partial charge in [0.05, 0.1) is 29.5 Å². The van der Waals surface area contributed by atoms with Crippen molar-refractivity contribution in [3.63, 3.8) is 0 Å². The predicted molar refractivity (Wildman–Crippen MR) is 141 cm³/mol. The molecule has 11 heteroatoms. The highest BCUT2D eigenvalue weighted by molar-refractivity contribution is 7.88. The van der Waals surface area contributed by atoms with Crippen LogP contribution in [0.25, 0.3) is 17.1 Å². The van der Waals surface area contributed by atoms with Crippen molar-refractivity contribution in [3.8, 4) is 17.1 Å². The maximum atomic E-state index is 11.8. The highest BCUT2D eigenvalue weighted by atomic mass is 35.5. The Hall–Kier alpha value is -3.31. The molecule has 1 saturated heterocycles. The van der Waals surface area contributed by atoms with Gasteiger partial charge in [0.2, 0.25) is 16.0 Å². The summed E-state index contributed by atoms with van der Waals surface area (Å²) in [4.78, 5) is 11.3. The van der Waals surface area contributed by atoms with Gasteiger partial charge in [-0.05, 0) is 48.0 Å². The van der Waals surface area contributed by atoms with Crippen LogP contribution in [-0.2, 0) is 16.6 Å². The minimum absolute atomic E-state index is 0.447. The van der Waals surface area contributed by atoms with E-state index in [1.807, 2.05) is 65.3 Å². The summed E-state index contributed by atoms with van der Waals surface area (Å²) >= 11 is 6.42. The van der Waals surface area contributed by atoms with Crippen LogP contribution >= 0.6 is 11.6 Å². The van der Waals surface area contributed by atoms with Gasteiger partial charge >= 0.3 is 0 Å². The van der Waals surface area contributed by atoms with Gasteiger partial charge in [-0.25, -0.2) is 23.1 Å². The molecule has 0 unspecified atom stereocenters. The Labute approximate surface area is 215 Å². The fourth-order valence-corrected chi connectivity index (χ4v) is 5.34. The van der Waals surface area contributed by atoms with Crippen LogP contribution in [0.3, 0.4) is 0 Å². The minimum atomic E-state index is -3.15. The van der Waals surface area contributed by atoms with Crippen molar-refractivity contribution in [2.75, 3.05) is 37.8 Å². The summed E-state index contributed by atoms with van der Waals surface area (Å²) in [6, 6.07) is 19.4. The molecule has 0 saturated carbocycles. The van der Waals surface area contributed by atoms with Crippen molar-refractivity contribution in [3.05, 3.63) is 83.6 Å². The minimum Gasteiger partial charge on any atom is -0.324 e. The van der Waals surface area contributed by atoms with Crippen LogP contribution in [0.2, 0.25) is 5.02 Å². The van der Waals surface area contributed by atoms with Gasteiger partial charge in [-0.1, -0.05) is 29.8 Å². The smallest absolute Gasteiger partial charge is 0.227 e. The molecule has 1 aliphatic heterocycles. The second-order valence-electron chi connectivity index (χ2n) is 8.64. The van der Waals surface area contributed by atoms with Crippen LogP contribution in [-0.4, -0.2) is 69.8 Å².